The SMILES string of the molecule is CCCOc1c(Br)cc(/C=C(/C#N)C(=O)Nc2ccc(N(C)C)cc2)cc1OC. The van der Waals surface area contributed by atoms with E-state index in [4.69, 9.17) is 9.47 Å². The molecule has 7 heteroatoms. The molecule has 2 aromatic rings. The molecule has 0 saturated carbocycles. The van der Waals surface area contributed by atoms with E-state index in [1.54, 1.807) is 31.4 Å². The van der Waals surface area contributed by atoms with Gasteiger partial charge in [0.2, 0.25) is 0 Å². The lowest BCUT2D eigenvalue weighted by Gasteiger charge is -2.13. The Kier molecular flexibility index (Phi) is 8.10. The van der Waals surface area contributed by atoms with E-state index in [1.807, 2.05) is 44.1 Å². The number of rotatable bonds is 8. The summed E-state index contributed by atoms with van der Waals surface area (Å²) in [6.45, 7) is 2.58. The Morgan fingerprint density at radius 2 is 1.97 bits per heavy atom. The van der Waals surface area contributed by atoms with Gasteiger partial charge in [-0.2, -0.15) is 5.26 Å². The lowest BCUT2D eigenvalue weighted by molar-refractivity contribution is -0.112. The zero-order valence-electron chi connectivity index (χ0n) is 17.0. The number of hydrogen-bond acceptors (Lipinski definition) is 5. The predicted molar refractivity (Wildman–Crippen MR) is 119 cm³/mol. The molecule has 0 fully saturated rings. The zero-order chi connectivity index (χ0) is 21.4. The first-order valence-electron chi connectivity index (χ1n) is 9.10. The maximum atomic E-state index is 12.5. The second-order valence-electron chi connectivity index (χ2n) is 6.45. The van der Waals surface area contributed by atoms with Crippen molar-refractivity contribution in [2.75, 3.05) is 38.0 Å². The molecule has 0 radical (unpaired) electrons. The van der Waals surface area contributed by atoms with Gasteiger partial charge in [0, 0.05) is 25.5 Å². The van der Waals surface area contributed by atoms with Gasteiger partial charge >= 0.3 is 0 Å². The van der Waals surface area contributed by atoms with Crippen molar-refractivity contribution in [3.05, 3.63) is 52.0 Å². The van der Waals surface area contributed by atoms with E-state index in [2.05, 4.69) is 21.2 Å². The van der Waals surface area contributed by atoms with Crippen LogP contribution in [0.15, 0.2) is 46.4 Å². The van der Waals surface area contributed by atoms with Crippen LogP contribution in [-0.2, 0) is 4.79 Å². The Bertz CT molecular complexity index is 932. The predicted octanol–water partition coefficient (Wildman–Crippen LogP) is 4.86. The van der Waals surface area contributed by atoms with E-state index in [0.29, 0.717) is 33.8 Å². The molecule has 0 atom stereocenters. The van der Waals surface area contributed by atoms with Crippen molar-refractivity contribution >= 4 is 39.3 Å². The zero-order valence-corrected chi connectivity index (χ0v) is 18.5. The first kappa shape index (κ1) is 22.3. The van der Waals surface area contributed by atoms with Crippen LogP contribution in [0.25, 0.3) is 6.08 Å². The first-order chi connectivity index (χ1) is 13.9. The van der Waals surface area contributed by atoms with Crippen molar-refractivity contribution in [3.63, 3.8) is 0 Å². The number of halogens is 1. The van der Waals surface area contributed by atoms with Gasteiger partial charge in [-0.15, -0.1) is 0 Å². The second kappa shape index (κ2) is 10.5. The lowest BCUT2D eigenvalue weighted by Crippen LogP contribution is -2.14. The van der Waals surface area contributed by atoms with Crippen LogP contribution in [0.2, 0.25) is 0 Å². The fourth-order valence-electron chi connectivity index (χ4n) is 2.52. The lowest BCUT2D eigenvalue weighted by atomic mass is 10.1. The average molecular weight is 458 g/mol. The van der Waals surface area contributed by atoms with E-state index in [0.717, 1.165) is 12.1 Å². The normalized spacial score (nSPS) is 10.8. The number of nitriles is 1. The minimum absolute atomic E-state index is 0.0159. The topological polar surface area (TPSA) is 74.6 Å². The Hall–Kier alpha value is -2.98. The molecule has 0 saturated heterocycles. The fraction of sp³-hybridized carbons (Fsp3) is 0.273. The molecule has 2 rings (SSSR count). The molecule has 2 aromatic carbocycles. The van der Waals surface area contributed by atoms with Gasteiger partial charge in [0.05, 0.1) is 18.2 Å². The third-order valence-electron chi connectivity index (χ3n) is 4.02. The van der Waals surface area contributed by atoms with Crippen molar-refractivity contribution in [1.82, 2.24) is 0 Å². The number of anilines is 2. The molecule has 0 aromatic heterocycles. The van der Waals surface area contributed by atoms with Gasteiger partial charge in [-0.1, -0.05) is 6.92 Å². The number of nitrogens with one attached hydrogen (secondary N) is 1. The summed E-state index contributed by atoms with van der Waals surface area (Å²) in [5, 5.41) is 12.2. The minimum Gasteiger partial charge on any atom is -0.493 e. The van der Waals surface area contributed by atoms with Crippen LogP contribution in [0, 0.1) is 11.3 Å². The van der Waals surface area contributed by atoms with Crippen LogP contribution in [0.1, 0.15) is 18.9 Å². The van der Waals surface area contributed by atoms with E-state index < -0.39 is 5.91 Å². The minimum atomic E-state index is -0.480. The number of hydrogen-bond donors (Lipinski definition) is 1. The molecule has 0 aliphatic rings. The highest BCUT2D eigenvalue weighted by atomic mass is 79.9. The standard InChI is InChI=1S/C22H24BrN3O3/c1-5-10-29-21-19(23)12-15(13-20(21)28-4)11-16(14-24)22(27)25-17-6-8-18(9-7-17)26(2)3/h6-9,11-13H,5,10H2,1-4H3,(H,25,27)/b16-11-. The van der Waals surface area contributed by atoms with E-state index in [9.17, 15) is 10.1 Å². The highest BCUT2D eigenvalue weighted by Gasteiger charge is 2.14. The summed E-state index contributed by atoms with van der Waals surface area (Å²) in [5.74, 6) is 0.637. The summed E-state index contributed by atoms with van der Waals surface area (Å²) in [6.07, 6.45) is 2.38. The third kappa shape index (κ3) is 6.00. The second-order valence-corrected chi connectivity index (χ2v) is 7.30. The summed E-state index contributed by atoms with van der Waals surface area (Å²) in [4.78, 5) is 14.5. The van der Waals surface area contributed by atoms with Gasteiger partial charge in [-0.05, 0) is 70.4 Å². The molecule has 0 bridgehead atoms. The number of carbonyl (C=O) groups excluding carboxylic acids is 1. The molecule has 6 nitrogen and oxygen atoms in total. The molecule has 0 aliphatic heterocycles. The molecule has 0 aliphatic carbocycles. The highest BCUT2D eigenvalue weighted by molar-refractivity contribution is 9.10. The van der Waals surface area contributed by atoms with Crippen LogP contribution < -0.4 is 19.7 Å². The molecule has 1 amide bonds. The van der Waals surface area contributed by atoms with Crippen molar-refractivity contribution in [1.29, 1.82) is 5.26 Å². The van der Waals surface area contributed by atoms with Gasteiger partial charge in [-0.25, -0.2) is 0 Å². The van der Waals surface area contributed by atoms with E-state index in [-0.39, 0.29) is 5.57 Å². The molecular formula is C22H24BrN3O3. The summed E-state index contributed by atoms with van der Waals surface area (Å²) < 4.78 is 11.8. The number of amides is 1. The number of ether oxygens (including phenoxy) is 2. The fourth-order valence-corrected chi connectivity index (χ4v) is 3.10. The third-order valence-corrected chi connectivity index (χ3v) is 4.61. The maximum absolute atomic E-state index is 12.5. The molecule has 0 heterocycles. The molecule has 0 unspecified atom stereocenters. The molecule has 152 valence electrons. The average Bonchev–Trinajstić information content (AvgIpc) is 2.71. The van der Waals surface area contributed by atoms with Crippen LogP contribution in [-0.4, -0.2) is 33.7 Å². The molecule has 1 N–H and O–H groups in total. The van der Waals surface area contributed by atoms with Gasteiger partial charge in [-0.3, -0.25) is 4.79 Å². The molecule has 0 spiro atoms. The first-order valence-corrected chi connectivity index (χ1v) is 9.89. The quantitative estimate of drug-likeness (QED) is 0.452. The van der Waals surface area contributed by atoms with E-state index in [1.165, 1.54) is 6.08 Å². The Balaban J connectivity index is 2.25. The van der Waals surface area contributed by atoms with Crippen LogP contribution in [0.4, 0.5) is 11.4 Å². The van der Waals surface area contributed by atoms with E-state index >= 15 is 0 Å². The van der Waals surface area contributed by atoms with Gasteiger partial charge < -0.3 is 19.7 Å². The largest absolute Gasteiger partial charge is 0.493 e. The van der Waals surface area contributed by atoms with Crippen LogP contribution >= 0.6 is 15.9 Å². The summed E-state index contributed by atoms with van der Waals surface area (Å²) in [7, 11) is 5.42. The van der Waals surface area contributed by atoms with Gasteiger partial charge in [0.25, 0.3) is 5.91 Å². The van der Waals surface area contributed by atoms with Gasteiger partial charge in [0.1, 0.15) is 11.6 Å². The molecule has 29 heavy (non-hydrogen) atoms. The number of carbonyl (C=O) groups is 1. The summed E-state index contributed by atoms with van der Waals surface area (Å²) in [6, 6.07) is 12.8. The molecular weight excluding hydrogens is 434 g/mol. The van der Waals surface area contributed by atoms with Crippen molar-refractivity contribution in [2.45, 2.75) is 13.3 Å². The Labute approximate surface area is 179 Å². The number of methoxy groups -OCH3 is 1. The van der Waals surface area contributed by atoms with Crippen molar-refractivity contribution < 1.29 is 14.3 Å². The van der Waals surface area contributed by atoms with Crippen LogP contribution in [0.3, 0.4) is 0 Å². The van der Waals surface area contributed by atoms with Gasteiger partial charge in [0.15, 0.2) is 11.5 Å². The maximum Gasteiger partial charge on any atom is 0.266 e. The Morgan fingerprint density at radius 3 is 2.52 bits per heavy atom. The van der Waals surface area contributed by atoms with Crippen LogP contribution in [0.5, 0.6) is 11.5 Å². The van der Waals surface area contributed by atoms with Crippen molar-refractivity contribution in [2.24, 2.45) is 0 Å². The monoisotopic (exact) mass is 457 g/mol. The van der Waals surface area contributed by atoms with Crippen molar-refractivity contribution in [3.8, 4) is 17.6 Å². The smallest absolute Gasteiger partial charge is 0.266 e. The summed E-state index contributed by atoms with van der Waals surface area (Å²) >= 11 is 3.47. The number of nitrogens with zero attached hydrogens (tertiary/aromatic N) is 2. The Morgan fingerprint density at radius 1 is 1.28 bits per heavy atom. The number of benzene rings is 2. The summed E-state index contributed by atoms with van der Waals surface area (Å²) in [5.41, 5.74) is 2.26. The highest BCUT2D eigenvalue weighted by Crippen LogP contribution is 2.37.